The first-order chi connectivity index (χ1) is 10.6. The Labute approximate surface area is 131 Å². The smallest absolute Gasteiger partial charge is 0.224 e. The first-order valence-electron chi connectivity index (χ1n) is 7.06. The number of benzene rings is 1. The molecule has 0 aliphatic carbocycles. The van der Waals surface area contributed by atoms with Gasteiger partial charge in [-0.05, 0) is 42.0 Å². The number of hydrogen-bond donors (Lipinski definition) is 2. The lowest BCUT2D eigenvalue weighted by Crippen LogP contribution is -2.20. The van der Waals surface area contributed by atoms with E-state index in [-0.39, 0.29) is 17.5 Å². The Morgan fingerprint density at radius 3 is 3.00 bits per heavy atom. The molecular weight excluding hydrogens is 303 g/mol. The van der Waals surface area contributed by atoms with Crippen molar-refractivity contribution in [3.8, 4) is 0 Å². The van der Waals surface area contributed by atoms with Gasteiger partial charge in [0.05, 0.1) is 5.69 Å². The minimum Gasteiger partial charge on any atom is -0.326 e. The lowest BCUT2D eigenvalue weighted by molar-refractivity contribution is -0.117. The zero-order chi connectivity index (χ0) is 15.5. The third-order valence-electron chi connectivity index (χ3n) is 3.54. The summed E-state index contributed by atoms with van der Waals surface area (Å²) in [4.78, 5) is 24.4. The van der Waals surface area contributed by atoms with Gasteiger partial charge in [0.25, 0.3) is 0 Å². The number of rotatable bonds is 4. The van der Waals surface area contributed by atoms with Crippen LogP contribution in [0.3, 0.4) is 0 Å². The number of thiophene rings is 1. The number of aryl methyl sites for hydroxylation is 2. The van der Waals surface area contributed by atoms with Crippen LogP contribution in [0.1, 0.15) is 23.3 Å². The zero-order valence-electron chi connectivity index (χ0n) is 11.8. The predicted octanol–water partition coefficient (Wildman–Crippen LogP) is 3.34. The van der Waals surface area contributed by atoms with Crippen molar-refractivity contribution in [3.63, 3.8) is 0 Å². The Kier molecular flexibility index (Phi) is 4.20. The highest BCUT2D eigenvalue weighted by atomic mass is 32.1. The van der Waals surface area contributed by atoms with Gasteiger partial charge < -0.3 is 10.6 Å². The number of carbonyl (C=O) groups excluding carboxylic acids is 2. The molecule has 0 spiro atoms. The standard InChI is InChI=1S/C16H15FN2O2S/c17-12-8-10-3-5-15(20)18-13(10)9-14(12)19-16(21)6-4-11-2-1-7-22-11/h1-2,7-9H,3-6H2,(H,18,20)(H,19,21). The van der Waals surface area contributed by atoms with E-state index in [4.69, 9.17) is 0 Å². The monoisotopic (exact) mass is 318 g/mol. The lowest BCUT2D eigenvalue weighted by atomic mass is 10.0. The number of carbonyl (C=O) groups is 2. The van der Waals surface area contributed by atoms with Crippen molar-refractivity contribution in [2.24, 2.45) is 0 Å². The maximum atomic E-state index is 14.0. The number of hydrogen-bond acceptors (Lipinski definition) is 3. The highest BCUT2D eigenvalue weighted by molar-refractivity contribution is 7.09. The lowest BCUT2D eigenvalue weighted by Gasteiger charge is -2.18. The Morgan fingerprint density at radius 2 is 2.23 bits per heavy atom. The van der Waals surface area contributed by atoms with E-state index in [0.717, 1.165) is 10.4 Å². The summed E-state index contributed by atoms with van der Waals surface area (Å²) < 4.78 is 14.0. The molecule has 22 heavy (non-hydrogen) atoms. The van der Waals surface area contributed by atoms with E-state index < -0.39 is 5.82 Å². The van der Waals surface area contributed by atoms with Crippen LogP contribution < -0.4 is 10.6 Å². The van der Waals surface area contributed by atoms with Crippen LogP contribution in [0.15, 0.2) is 29.6 Å². The topological polar surface area (TPSA) is 58.2 Å². The van der Waals surface area contributed by atoms with Crippen LogP contribution in [0.2, 0.25) is 0 Å². The van der Waals surface area contributed by atoms with Crippen LogP contribution in [0.4, 0.5) is 15.8 Å². The molecule has 0 bridgehead atoms. The van der Waals surface area contributed by atoms with E-state index in [1.165, 1.54) is 12.1 Å². The van der Waals surface area contributed by atoms with Gasteiger partial charge in [-0.25, -0.2) is 4.39 Å². The van der Waals surface area contributed by atoms with Crippen LogP contribution in [-0.2, 0) is 22.4 Å². The number of amides is 2. The quantitative estimate of drug-likeness (QED) is 0.908. The molecule has 2 amide bonds. The summed E-state index contributed by atoms with van der Waals surface area (Å²) in [5, 5.41) is 7.23. The summed E-state index contributed by atoms with van der Waals surface area (Å²) in [5.41, 5.74) is 1.44. The van der Waals surface area contributed by atoms with Crippen LogP contribution in [-0.4, -0.2) is 11.8 Å². The summed E-state index contributed by atoms with van der Waals surface area (Å²) in [7, 11) is 0. The van der Waals surface area contributed by atoms with E-state index in [2.05, 4.69) is 10.6 Å². The predicted molar refractivity (Wildman–Crippen MR) is 84.6 cm³/mol. The van der Waals surface area contributed by atoms with Crippen LogP contribution >= 0.6 is 11.3 Å². The first kappa shape index (κ1) is 14.7. The fraction of sp³-hybridized carbons (Fsp3) is 0.250. The molecule has 1 aromatic heterocycles. The van der Waals surface area contributed by atoms with Crippen LogP contribution in [0.5, 0.6) is 0 Å². The average molecular weight is 318 g/mol. The molecule has 1 aromatic carbocycles. The van der Waals surface area contributed by atoms with Gasteiger partial charge in [-0.1, -0.05) is 6.07 Å². The molecule has 2 aromatic rings. The molecular formula is C16H15FN2O2S. The van der Waals surface area contributed by atoms with Crippen LogP contribution in [0, 0.1) is 5.82 Å². The molecule has 0 radical (unpaired) electrons. The minimum atomic E-state index is -0.473. The fourth-order valence-corrected chi connectivity index (χ4v) is 3.11. The second-order valence-electron chi connectivity index (χ2n) is 5.16. The van der Waals surface area contributed by atoms with Crippen molar-refractivity contribution < 1.29 is 14.0 Å². The molecule has 6 heteroatoms. The number of halogens is 1. The number of fused-ring (bicyclic) bond motifs is 1. The molecule has 0 saturated carbocycles. The van der Waals surface area contributed by atoms with E-state index in [1.807, 2.05) is 17.5 Å². The molecule has 2 heterocycles. The normalized spacial score (nSPS) is 13.4. The summed E-state index contributed by atoms with van der Waals surface area (Å²) in [6, 6.07) is 6.77. The van der Waals surface area contributed by atoms with Gasteiger partial charge in [-0.3, -0.25) is 9.59 Å². The maximum absolute atomic E-state index is 14.0. The van der Waals surface area contributed by atoms with Gasteiger partial charge in [0.15, 0.2) is 0 Å². The van der Waals surface area contributed by atoms with E-state index >= 15 is 0 Å². The van der Waals surface area contributed by atoms with Gasteiger partial charge in [-0.15, -0.1) is 11.3 Å². The molecule has 3 rings (SSSR count). The Hall–Kier alpha value is -2.21. The largest absolute Gasteiger partial charge is 0.326 e. The molecule has 0 fully saturated rings. The van der Waals surface area contributed by atoms with E-state index in [1.54, 1.807) is 11.3 Å². The van der Waals surface area contributed by atoms with Gasteiger partial charge in [0.1, 0.15) is 5.82 Å². The summed E-state index contributed by atoms with van der Waals surface area (Å²) in [5.74, 6) is -0.803. The third kappa shape index (κ3) is 3.33. The molecule has 0 unspecified atom stereocenters. The first-order valence-corrected chi connectivity index (χ1v) is 7.94. The molecule has 0 atom stereocenters. The molecule has 2 N–H and O–H groups in total. The molecule has 1 aliphatic rings. The molecule has 0 saturated heterocycles. The third-order valence-corrected chi connectivity index (χ3v) is 4.48. The van der Waals surface area contributed by atoms with Gasteiger partial charge >= 0.3 is 0 Å². The second kappa shape index (κ2) is 6.27. The van der Waals surface area contributed by atoms with E-state index in [0.29, 0.717) is 31.4 Å². The SMILES string of the molecule is O=C(CCc1cccs1)Nc1cc2c(cc1F)CCC(=O)N2. The summed E-state index contributed by atoms with van der Waals surface area (Å²) in [6.07, 6.45) is 1.81. The highest BCUT2D eigenvalue weighted by Crippen LogP contribution is 2.28. The summed E-state index contributed by atoms with van der Waals surface area (Å²) in [6.45, 7) is 0. The Morgan fingerprint density at radius 1 is 1.36 bits per heavy atom. The van der Waals surface area contributed by atoms with Gasteiger partial charge in [0.2, 0.25) is 11.8 Å². The van der Waals surface area contributed by atoms with Crippen molar-refractivity contribution in [1.29, 1.82) is 0 Å². The van der Waals surface area contributed by atoms with Gasteiger partial charge in [0, 0.05) is 23.4 Å². The molecule has 1 aliphatic heterocycles. The zero-order valence-corrected chi connectivity index (χ0v) is 12.6. The van der Waals surface area contributed by atoms with Crippen molar-refractivity contribution in [1.82, 2.24) is 0 Å². The van der Waals surface area contributed by atoms with Crippen molar-refractivity contribution in [2.45, 2.75) is 25.7 Å². The highest BCUT2D eigenvalue weighted by Gasteiger charge is 2.18. The van der Waals surface area contributed by atoms with Gasteiger partial charge in [-0.2, -0.15) is 0 Å². The fourth-order valence-electron chi connectivity index (χ4n) is 2.40. The Bertz CT molecular complexity index is 713. The van der Waals surface area contributed by atoms with Crippen LogP contribution in [0.25, 0.3) is 0 Å². The molecule has 114 valence electrons. The number of anilines is 2. The second-order valence-corrected chi connectivity index (χ2v) is 6.20. The molecule has 4 nitrogen and oxygen atoms in total. The van der Waals surface area contributed by atoms with E-state index in [9.17, 15) is 14.0 Å². The Balaban J connectivity index is 1.68. The number of nitrogens with one attached hydrogen (secondary N) is 2. The van der Waals surface area contributed by atoms with Crippen molar-refractivity contribution in [3.05, 3.63) is 45.9 Å². The van der Waals surface area contributed by atoms with Crippen molar-refractivity contribution in [2.75, 3.05) is 10.6 Å². The van der Waals surface area contributed by atoms with Crippen molar-refractivity contribution >= 4 is 34.5 Å². The average Bonchev–Trinajstić information content (AvgIpc) is 3.00. The maximum Gasteiger partial charge on any atom is 0.224 e. The summed E-state index contributed by atoms with van der Waals surface area (Å²) >= 11 is 1.59. The minimum absolute atomic E-state index is 0.0888.